The number of fused-ring (bicyclic) bond motifs is 1. The molecular weight excluding hydrogens is 396 g/mol. The van der Waals surface area contributed by atoms with E-state index in [1.165, 1.54) is 0 Å². The Hall–Kier alpha value is -3.71. The summed E-state index contributed by atoms with van der Waals surface area (Å²) in [6.45, 7) is 0. The zero-order valence-corrected chi connectivity index (χ0v) is 17.4. The van der Waals surface area contributed by atoms with Gasteiger partial charge in [-0.15, -0.1) is 11.3 Å². The molecule has 4 aromatic rings. The number of amidine groups is 1. The summed E-state index contributed by atoms with van der Waals surface area (Å²) in [6.07, 6.45) is 1.70. The number of benzene rings is 3. The summed E-state index contributed by atoms with van der Waals surface area (Å²) in [5.74, 6) is 1.90. The van der Waals surface area contributed by atoms with Gasteiger partial charge in [0.15, 0.2) is 22.3 Å². The summed E-state index contributed by atoms with van der Waals surface area (Å²) in [5, 5.41) is 5.15. The molecule has 0 amide bonds. The number of nitrogens with zero attached hydrogens (tertiary/aromatic N) is 3. The number of nitrogens with one attached hydrogen (secondary N) is 1. The lowest BCUT2D eigenvalue weighted by atomic mass is 10.2. The summed E-state index contributed by atoms with van der Waals surface area (Å²) in [6, 6.07) is 23.3. The molecule has 1 heterocycles. The first-order chi connectivity index (χ1) is 14.8. The second kappa shape index (κ2) is 9.19. The van der Waals surface area contributed by atoms with Crippen molar-refractivity contribution in [1.29, 1.82) is 0 Å². The van der Waals surface area contributed by atoms with Crippen LogP contribution in [0.4, 0.5) is 5.69 Å². The normalized spacial score (nSPS) is 11.7. The molecule has 0 aliphatic carbocycles. The number of methoxy groups -OCH3 is 2. The van der Waals surface area contributed by atoms with E-state index in [2.05, 4.69) is 10.5 Å². The molecule has 0 radical (unpaired) electrons. The number of aliphatic imine (C=N–C) groups is 1. The lowest BCUT2D eigenvalue weighted by Crippen LogP contribution is -2.18. The first-order valence-corrected chi connectivity index (χ1v) is 10.1. The molecule has 0 unspecified atom stereocenters. The van der Waals surface area contributed by atoms with Gasteiger partial charge in [0.25, 0.3) is 0 Å². The van der Waals surface area contributed by atoms with Gasteiger partial charge in [0.05, 0.1) is 36.3 Å². The molecule has 7 heteroatoms. The number of hydrogen-bond acceptors (Lipinski definition) is 6. The van der Waals surface area contributed by atoms with Crippen LogP contribution in [-0.4, -0.2) is 31.3 Å². The van der Waals surface area contributed by atoms with Crippen molar-refractivity contribution in [3.05, 3.63) is 83.4 Å². The summed E-state index contributed by atoms with van der Waals surface area (Å²) in [7, 11) is 3.21. The van der Waals surface area contributed by atoms with Crippen molar-refractivity contribution >= 4 is 39.3 Å². The van der Waals surface area contributed by atoms with Gasteiger partial charge in [-0.2, -0.15) is 5.10 Å². The fourth-order valence-corrected chi connectivity index (χ4v) is 3.73. The number of aromatic nitrogens is 1. The summed E-state index contributed by atoms with van der Waals surface area (Å²) in [5.41, 5.74) is 5.67. The highest BCUT2D eigenvalue weighted by Gasteiger charge is 2.10. The van der Waals surface area contributed by atoms with Crippen LogP contribution in [0.2, 0.25) is 0 Å². The zero-order valence-electron chi connectivity index (χ0n) is 16.6. The molecule has 1 aromatic heterocycles. The van der Waals surface area contributed by atoms with E-state index in [1.807, 2.05) is 72.8 Å². The average molecular weight is 417 g/mol. The third kappa shape index (κ3) is 4.47. The van der Waals surface area contributed by atoms with Crippen molar-refractivity contribution in [3.63, 3.8) is 0 Å². The van der Waals surface area contributed by atoms with Crippen molar-refractivity contribution in [2.24, 2.45) is 10.1 Å². The van der Waals surface area contributed by atoms with Gasteiger partial charge in [0.1, 0.15) is 0 Å². The molecule has 0 atom stereocenters. The Kier molecular flexibility index (Phi) is 6.01. The van der Waals surface area contributed by atoms with Crippen LogP contribution in [0.15, 0.2) is 82.9 Å². The van der Waals surface area contributed by atoms with Gasteiger partial charge in [-0.25, -0.2) is 9.98 Å². The molecule has 3 aromatic carbocycles. The molecule has 0 aliphatic rings. The number of ether oxygens (including phenoxy) is 2. The quantitative estimate of drug-likeness (QED) is 0.272. The largest absolute Gasteiger partial charge is 0.493 e. The third-order valence-corrected chi connectivity index (χ3v) is 5.33. The summed E-state index contributed by atoms with van der Waals surface area (Å²) < 4.78 is 11.7. The van der Waals surface area contributed by atoms with E-state index in [4.69, 9.17) is 19.5 Å². The Bertz CT molecular complexity index is 1170. The fourth-order valence-electron chi connectivity index (χ4n) is 2.83. The highest BCUT2D eigenvalue weighted by molar-refractivity contribution is 7.20. The van der Waals surface area contributed by atoms with Gasteiger partial charge in [-0.1, -0.05) is 30.3 Å². The maximum atomic E-state index is 5.35. The molecule has 4 rings (SSSR count). The van der Waals surface area contributed by atoms with Gasteiger partial charge >= 0.3 is 0 Å². The first kappa shape index (κ1) is 19.6. The molecular formula is C23H20N4O2S. The van der Waals surface area contributed by atoms with E-state index in [0.717, 1.165) is 26.5 Å². The van der Waals surface area contributed by atoms with Crippen molar-refractivity contribution in [1.82, 2.24) is 10.4 Å². The molecule has 0 saturated carbocycles. The summed E-state index contributed by atoms with van der Waals surface area (Å²) in [4.78, 5) is 9.41. The Labute approximate surface area is 178 Å². The molecule has 30 heavy (non-hydrogen) atoms. The van der Waals surface area contributed by atoms with Gasteiger partial charge in [-0.05, 0) is 48.0 Å². The lowest BCUT2D eigenvalue weighted by molar-refractivity contribution is 0.355. The van der Waals surface area contributed by atoms with Gasteiger partial charge in [0, 0.05) is 0 Å². The molecule has 0 saturated heterocycles. The molecule has 6 nitrogen and oxygen atoms in total. The SMILES string of the molecule is COc1ccc(C=NNC(=Nc2ccccc2)c2nc3ccccc3s2)cc1OC. The van der Waals surface area contributed by atoms with Gasteiger partial charge in [0.2, 0.25) is 0 Å². The molecule has 0 bridgehead atoms. The van der Waals surface area contributed by atoms with E-state index < -0.39 is 0 Å². The van der Waals surface area contributed by atoms with Crippen LogP contribution >= 0.6 is 11.3 Å². The van der Waals surface area contributed by atoms with Crippen LogP contribution in [0.3, 0.4) is 0 Å². The highest BCUT2D eigenvalue weighted by atomic mass is 32.1. The van der Waals surface area contributed by atoms with E-state index in [-0.39, 0.29) is 0 Å². The third-order valence-electron chi connectivity index (χ3n) is 4.29. The van der Waals surface area contributed by atoms with Crippen LogP contribution in [0, 0.1) is 0 Å². The Balaban J connectivity index is 1.63. The van der Waals surface area contributed by atoms with Gasteiger partial charge in [-0.3, -0.25) is 5.43 Å². The molecule has 1 N–H and O–H groups in total. The predicted molar refractivity (Wildman–Crippen MR) is 123 cm³/mol. The van der Waals surface area contributed by atoms with E-state index in [0.29, 0.717) is 17.3 Å². The van der Waals surface area contributed by atoms with Crippen molar-refractivity contribution < 1.29 is 9.47 Å². The zero-order chi connectivity index (χ0) is 20.8. The van der Waals surface area contributed by atoms with Crippen LogP contribution in [0.1, 0.15) is 10.6 Å². The maximum Gasteiger partial charge on any atom is 0.183 e. The molecule has 150 valence electrons. The second-order valence-electron chi connectivity index (χ2n) is 6.27. The van der Waals surface area contributed by atoms with E-state index >= 15 is 0 Å². The number of hydrazone groups is 1. The summed E-state index contributed by atoms with van der Waals surface area (Å²) >= 11 is 1.57. The van der Waals surface area contributed by atoms with Crippen LogP contribution < -0.4 is 14.9 Å². The monoisotopic (exact) mass is 416 g/mol. The highest BCUT2D eigenvalue weighted by Crippen LogP contribution is 2.27. The van der Waals surface area contributed by atoms with E-state index in [9.17, 15) is 0 Å². The molecule has 0 fully saturated rings. The predicted octanol–water partition coefficient (Wildman–Crippen LogP) is 5.02. The minimum absolute atomic E-state index is 0.583. The van der Waals surface area contributed by atoms with Crippen molar-refractivity contribution in [2.45, 2.75) is 0 Å². The topological polar surface area (TPSA) is 68.1 Å². The fraction of sp³-hybridized carbons (Fsp3) is 0.0870. The average Bonchev–Trinajstić information content (AvgIpc) is 3.23. The Morgan fingerprint density at radius 3 is 2.47 bits per heavy atom. The van der Waals surface area contributed by atoms with Crippen LogP contribution in [0.25, 0.3) is 10.2 Å². The smallest absolute Gasteiger partial charge is 0.183 e. The van der Waals surface area contributed by atoms with Crippen molar-refractivity contribution in [3.8, 4) is 11.5 Å². The molecule has 0 spiro atoms. The minimum atomic E-state index is 0.583. The number of hydrogen-bond donors (Lipinski definition) is 1. The number of thiazole rings is 1. The first-order valence-electron chi connectivity index (χ1n) is 9.27. The molecule has 0 aliphatic heterocycles. The van der Waals surface area contributed by atoms with Gasteiger partial charge < -0.3 is 9.47 Å². The second-order valence-corrected chi connectivity index (χ2v) is 7.30. The minimum Gasteiger partial charge on any atom is -0.493 e. The lowest BCUT2D eigenvalue weighted by Gasteiger charge is -2.07. The standard InChI is InChI=1S/C23H20N4O2S/c1-28-19-13-12-16(14-20(19)29-2)15-24-27-22(25-17-8-4-3-5-9-17)23-26-18-10-6-7-11-21(18)30-23/h3-15H,1-2H3,(H,25,27). The van der Waals surface area contributed by atoms with Crippen LogP contribution in [-0.2, 0) is 0 Å². The Morgan fingerprint density at radius 1 is 0.933 bits per heavy atom. The maximum absolute atomic E-state index is 5.35. The van der Waals surface area contributed by atoms with Crippen LogP contribution in [0.5, 0.6) is 11.5 Å². The van der Waals surface area contributed by atoms with Crippen molar-refractivity contribution in [2.75, 3.05) is 14.2 Å². The number of para-hydroxylation sites is 2. The number of rotatable bonds is 6. The van der Waals surface area contributed by atoms with E-state index in [1.54, 1.807) is 31.8 Å². The Morgan fingerprint density at radius 2 is 1.70 bits per heavy atom.